The fraction of sp³-hybridized carbons (Fsp3) is 0.316. The number of aromatic amines is 1. The number of nitrogens with one attached hydrogen (secondary N) is 4. The van der Waals surface area contributed by atoms with E-state index in [1.807, 2.05) is 0 Å². The van der Waals surface area contributed by atoms with Crippen molar-refractivity contribution in [3.8, 4) is 0 Å². The summed E-state index contributed by atoms with van der Waals surface area (Å²) >= 11 is 0. The fourth-order valence-electron chi connectivity index (χ4n) is 3.13. The van der Waals surface area contributed by atoms with E-state index in [4.69, 9.17) is 5.73 Å². The number of fused-ring (bicyclic) bond motifs is 2. The molecule has 0 aliphatic rings. The molecule has 1 heterocycles. The van der Waals surface area contributed by atoms with Crippen LogP contribution in [0.15, 0.2) is 41.2 Å². The van der Waals surface area contributed by atoms with Crippen LogP contribution in [0, 0.1) is 10.1 Å². The van der Waals surface area contributed by atoms with Gasteiger partial charge in [0, 0.05) is 61.9 Å². The largest absolute Gasteiger partial charge is 0.383 e. The number of pyridine rings is 1. The van der Waals surface area contributed by atoms with E-state index >= 15 is 0 Å². The van der Waals surface area contributed by atoms with Crippen molar-refractivity contribution in [3.05, 3.63) is 56.7 Å². The van der Waals surface area contributed by atoms with Crippen LogP contribution < -0.4 is 27.1 Å². The first kappa shape index (κ1) is 19.7. The van der Waals surface area contributed by atoms with Crippen molar-refractivity contribution in [2.24, 2.45) is 5.73 Å². The molecule has 0 spiro atoms. The summed E-state index contributed by atoms with van der Waals surface area (Å²) < 4.78 is 0. The Kier molecular flexibility index (Phi) is 6.53. The molecule has 9 nitrogen and oxygen atoms in total. The Hall–Kier alpha value is -3.01. The Morgan fingerprint density at radius 2 is 1.71 bits per heavy atom. The number of para-hydroxylation sites is 1. The summed E-state index contributed by atoms with van der Waals surface area (Å²) in [6.45, 7) is 4.28. The minimum absolute atomic E-state index is 0.118. The highest BCUT2D eigenvalue weighted by Crippen LogP contribution is 2.29. The fourth-order valence-corrected chi connectivity index (χ4v) is 3.13. The number of non-ortho nitro benzene ring substituents is 1. The Labute approximate surface area is 161 Å². The lowest BCUT2D eigenvalue weighted by atomic mass is 10.1. The summed E-state index contributed by atoms with van der Waals surface area (Å²) in [5.74, 6) is 0. The van der Waals surface area contributed by atoms with Gasteiger partial charge in [-0.2, -0.15) is 0 Å². The molecule has 2 aromatic carbocycles. The standard InChI is InChI=1S/C19H24N6O3/c20-7-8-21-9-10-22-11-12-23-15-5-6-16(25(27)28)18-17(15)19(26)13-3-1-2-4-14(13)24-18/h1-6,21-23H,7-12,20H2,(H,24,26). The quantitative estimate of drug-likeness (QED) is 0.153. The lowest BCUT2D eigenvalue weighted by Gasteiger charge is -2.12. The molecule has 28 heavy (non-hydrogen) atoms. The molecule has 0 saturated carbocycles. The predicted molar refractivity (Wildman–Crippen MR) is 112 cm³/mol. The van der Waals surface area contributed by atoms with Gasteiger partial charge < -0.3 is 26.7 Å². The van der Waals surface area contributed by atoms with Crippen molar-refractivity contribution in [1.29, 1.82) is 0 Å². The summed E-state index contributed by atoms with van der Waals surface area (Å²) in [6.07, 6.45) is 0. The van der Waals surface area contributed by atoms with Crippen molar-refractivity contribution < 1.29 is 4.92 Å². The van der Waals surface area contributed by atoms with E-state index in [-0.39, 0.29) is 16.6 Å². The number of anilines is 1. The number of nitrogens with zero attached hydrogens (tertiary/aromatic N) is 1. The number of aromatic nitrogens is 1. The second-order valence-corrected chi connectivity index (χ2v) is 6.35. The third kappa shape index (κ3) is 4.28. The maximum absolute atomic E-state index is 13.0. The minimum Gasteiger partial charge on any atom is -0.383 e. The molecule has 9 heteroatoms. The van der Waals surface area contributed by atoms with Crippen LogP contribution in [0.2, 0.25) is 0 Å². The summed E-state index contributed by atoms with van der Waals surface area (Å²) in [4.78, 5) is 27.0. The van der Waals surface area contributed by atoms with Gasteiger partial charge in [0.15, 0.2) is 5.43 Å². The second kappa shape index (κ2) is 9.27. The second-order valence-electron chi connectivity index (χ2n) is 6.35. The SMILES string of the molecule is NCCNCCNCCNc1ccc([N+](=O)[O-])c2[nH]c3ccccc3c(=O)c12. The lowest BCUT2D eigenvalue weighted by molar-refractivity contribution is -0.383. The van der Waals surface area contributed by atoms with E-state index in [1.54, 1.807) is 30.3 Å². The van der Waals surface area contributed by atoms with Gasteiger partial charge in [0.2, 0.25) is 0 Å². The van der Waals surface area contributed by atoms with E-state index in [0.29, 0.717) is 41.6 Å². The number of nitrogens with two attached hydrogens (primary N) is 1. The van der Waals surface area contributed by atoms with Crippen LogP contribution in [0.1, 0.15) is 0 Å². The van der Waals surface area contributed by atoms with Gasteiger partial charge in [0.25, 0.3) is 5.69 Å². The van der Waals surface area contributed by atoms with Crippen LogP contribution in [-0.4, -0.2) is 49.2 Å². The molecule has 0 aliphatic heterocycles. The molecule has 0 bridgehead atoms. The van der Waals surface area contributed by atoms with Crippen molar-refractivity contribution >= 4 is 33.2 Å². The predicted octanol–water partition coefficient (Wildman–Crippen LogP) is 1.14. The molecular weight excluding hydrogens is 360 g/mol. The Bertz CT molecular complexity index is 1030. The van der Waals surface area contributed by atoms with E-state index in [9.17, 15) is 14.9 Å². The van der Waals surface area contributed by atoms with Crippen LogP contribution in [-0.2, 0) is 0 Å². The van der Waals surface area contributed by atoms with E-state index < -0.39 is 4.92 Å². The van der Waals surface area contributed by atoms with Gasteiger partial charge in [-0.15, -0.1) is 0 Å². The monoisotopic (exact) mass is 384 g/mol. The third-order valence-electron chi connectivity index (χ3n) is 4.46. The van der Waals surface area contributed by atoms with Crippen LogP contribution in [0.5, 0.6) is 0 Å². The molecule has 0 fully saturated rings. The lowest BCUT2D eigenvalue weighted by Crippen LogP contribution is -2.32. The van der Waals surface area contributed by atoms with E-state index in [2.05, 4.69) is 20.9 Å². The van der Waals surface area contributed by atoms with Crippen LogP contribution in [0.4, 0.5) is 11.4 Å². The van der Waals surface area contributed by atoms with Crippen LogP contribution in [0.25, 0.3) is 21.8 Å². The van der Waals surface area contributed by atoms with Crippen LogP contribution in [0.3, 0.4) is 0 Å². The zero-order valence-electron chi connectivity index (χ0n) is 15.5. The summed E-state index contributed by atoms with van der Waals surface area (Å²) in [7, 11) is 0. The zero-order chi connectivity index (χ0) is 19.9. The molecule has 0 aliphatic carbocycles. The summed E-state index contributed by atoms with van der Waals surface area (Å²) in [6, 6.07) is 10.0. The highest BCUT2D eigenvalue weighted by atomic mass is 16.6. The highest BCUT2D eigenvalue weighted by Gasteiger charge is 2.19. The molecule has 0 unspecified atom stereocenters. The Morgan fingerprint density at radius 1 is 1.00 bits per heavy atom. The van der Waals surface area contributed by atoms with Crippen molar-refractivity contribution in [2.75, 3.05) is 44.6 Å². The average molecular weight is 384 g/mol. The van der Waals surface area contributed by atoms with Gasteiger partial charge in [-0.3, -0.25) is 14.9 Å². The molecule has 1 aromatic heterocycles. The highest BCUT2D eigenvalue weighted by molar-refractivity contribution is 6.03. The first-order valence-electron chi connectivity index (χ1n) is 9.21. The summed E-state index contributed by atoms with van der Waals surface area (Å²) in [5.41, 5.74) is 6.46. The molecule has 0 atom stereocenters. The van der Waals surface area contributed by atoms with E-state index in [1.165, 1.54) is 6.07 Å². The molecule has 0 amide bonds. The number of H-pyrrole nitrogens is 1. The number of nitro benzene ring substituents is 1. The average Bonchev–Trinajstić information content (AvgIpc) is 2.69. The van der Waals surface area contributed by atoms with E-state index in [0.717, 1.165) is 19.6 Å². The molecule has 148 valence electrons. The van der Waals surface area contributed by atoms with Gasteiger partial charge in [-0.1, -0.05) is 12.1 Å². The normalized spacial score (nSPS) is 11.2. The zero-order valence-corrected chi connectivity index (χ0v) is 15.5. The minimum atomic E-state index is -0.479. The van der Waals surface area contributed by atoms with Gasteiger partial charge in [0.05, 0.1) is 10.3 Å². The molecule has 0 radical (unpaired) electrons. The summed E-state index contributed by atoms with van der Waals surface area (Å²) in [5, 5.41) is 21.9. The first-order chi connectivity index (χ1) is 13.6. The van der Waals surface area contributed by atoms with Crippen LogP contribution >= 0.6 is 0 Å². The number of benzene rings is 2. The smallest absolute Gasteiger partial charge is 0.293 e. The van der Waals surface area contributed by atoms with Gasteiger partial charge in [-0.05, 0) is 18.2 Å². The molecule has 3 aromatic rings. The number of hydrogen-bond donors (Lipinski definition) is 5. The molecule has 0 saturated heterocycles. The molecule has 3 rings (SSSR count). The topological polar surface area (TPSA) is 138 Å². The third-order valence-corrected chi connectivity index (χ3v) is 4.46. The van der Waals surface area contributed by atoms with Gasteiger partial charge in [0.1, 0.15) is 5.52 Å². The number of hydrogen-bond acceptors (Lipinski definition) is 7. The number of nitro groups is 1. The Morgan fingerprint density at radius 3 is 2.46 bits per heavy atom. The van der Waals surface area contributed by atoms with Crippen molar-refractivity contribution in [3.63, 3.8) is 0 Å². The maximum atomic E-state index is 13.0. The van der Waals surface area contributed by atoms with Crippen molar-refractivity contribution in [2.45, 2.75) is 0 Å². The first-order valence-corrected chi connectivity index (χ1v) is 9.21. The van der Waals surface area contributed by atoms with Gasteiger partial charge in [-0.25, -0.2) is 0 Å². The number of rotatable bonds is 10. The van der Waals surface area contributed by atoms with Crippen molar-refractivity contribution in [1.82, 2.24) is 15.6 Å². The molecule has 6 N–H and O–H groups in total. The maximum Gasteiger partial charge on any atom is 0.293 e. The molecular formula is C19H24N6O3. The Balaban J connectivity index is 1.83. The van der Waals surface area contributed by atoms with Gasteiger partial charge >= 0.3 is 0 Å².